The average molecular weight is 327 g/mol. The Labute approximate surface area is 133 Å². The van der Waals surface area contributed by atoms with Crippen molar-refractivity contribution in [3.63, 3.8) is 0 Å². The number of aliphatic hydroxyl groups is 1. The number of likely N-dealkylation sites (tertiary alicyclic amines) is 1. The van der Waals surface area contributed by atoms with E-state index in [1.165, 1.54) is 12.1 Å². The molecule has 23 heavy (non-hydrogen) atoms. The molecule has 0 atom stereocenters. The lowest BCUT2D eigenvalue weighted by Gasteiger charge is -2.30. The van der Waals surface area contributed by atoms with E-state index in [1.54, 1.807) is 17.9 Å². The molecule has 1 amide bonds. The zero-order valence-electron chi connectivity index (χ0n) is 12.9. The zero-order chi connectivity index (χ0) is 17.0. The first-order valence-corrected chi connectivity index (χ1v) is 7.57. The van der Waals surface area contributed by atoms with Gasteiger partial charge in [-0.1, -0.05) is 12.1 Å². The second-order valence-electron chi connectivity index (χ2n) is 5.86. The highest BCUT2D eigenvalue weighted by molar-refractivity contribution is 5.95. The second kappa shape index (κ2) is 7.17. The molecule has 0 saturated carbocycles. The van der Waals surface area contributed by atoms with Crippen LogP contribution in [0.2, 0.25) is 0 Å². The molecule has 3 nitrogen and oxygen atoms in total. The summed E-state index contributed by atoms with van der Waals surface area (Å²) in [6, 6.07) is 4.97. The van der Waals surface area contributed by atoms with Crippen molar-refractivity contribution >= 4 is 11.5 Å². The van der Waals surface area contributed by atoms with E-state index in [2.05, 4.69) is 0 Å². The molecule has 0 unspecified atom stereocenters. The third kappa shape index (κ3) is 4.58. The van der Waals surface area contributed by atoms with Crippen LogP contribution in [0.1, 0.15) is 30.9 Å². The van der Waals surface area contributed by atoms with Gasteiger partial charge in [-0.2, -0.15) is 13.2 Å². The van der Waals surface area contributed by atoms with Gasteiger partial charge in [0.2, 0.25) is 5.91 Å². The van der Waals surface area contributed by atoms with E-state index in [9.17, 15) is 18.0 Å². The maximum Gasteiger partial charge on any atom is 0.416 e. The highest BCUT2D eigenvalue weighted by Crippen LogP contribution is 2.31. The van der Waals surface area contributed by atoms with E-state index in [1.807, 2.05) is 0 Å². The third-order valence-electron chi connectivity index (χ3n) is 4.17. The van der Waals surface area contributed by atoms with Crippen molar-refractivity contribution in [1.29, 1.82) is 0 Å². The van der Waals surface area contributed by atoms with Gasteiger partial charge in [0, 0.05) is 25.8 Å². The van der Waals surface area contributed by atoms with Crippen molar-refractivity contribution in [3.05, 3.63) is 41.5 Å². The molecule has 0 bridgehead atoms. The summed E-state index contributed by atoms with van der Waals surface area (Å²) in [5.74, 6) is 0.0314. The Morgan fingerprint density at radius 1 is 1.35 bits per heavy atom. The van der Waals surface area contributed by atoms with Gasteiger partial charge in [-0.05, 0) is 49.0 Å². The summed E-state index contributed by atoms with van der Waals surface area (Å²) >= 11 is 0. The first-order valence-electron chi connectivity index (χ1n) is 7.57. The van der Waals surface area contributed by atoms with Crippen molar-refractivity contribution in [2.75, 3.05) is 19.7 Å². The Morgan fingerprint density at radius 3 is 2.57 bits per heavy atom. The molecule has 1 heterocycles. The van der Waals surface area contributed by atoms with Crippen LogP contribution < -0.4 is 0 Å². The Hall–Kier alpha value is -1.82. The quantitative estimate of drug-likeness (QED) is 0.865. The van der Waals surface area contributed by atoms with Crippen LogP contribution in [-0.2, 0) is 11.0 Å². The molecule has 1 fully saturated rings. The minimum absolute atomic E-state index is 0.126. The Morgan fingerprint density at radius 2 is 2.00 bits per heavy atom. The number of carbonyl (C=O) groups is 1. The second-order valence-corrected chi connectivity index (χ2v) is 5.86. The number of rotatable bonds is 3. The predicted molar refractivity (Wildman–Crippen MR) is 81.5 cm³/mol. The van der Waals surface area contributed by atoms with Gasteiger partial charge in [-0.25, -0.2) is 0 Å². The van der Waals surface area contributed by atoms with E-state index < -0.39 is 11.7 Å². The number of carbonyl (C=O) groups excluding carboxylic acids is 1. The van der Waals surface area contributed by atoms with Crippen LogP contribution in [-0.4, -0.2) is 35.6 Å². The number of halogens is 3. The molecule has 0 aromatic heterocycles. The molecule has 6 heteroatoms. The molecule has 1 aliphatic rings. The van der Waals surface area contributed by atoms with Gasteiger partial charge in [0.15, 0.2) is 0 Å². The minimum Gasteiger partial charge on any atom is -0.396 e. The molecular weight excluding hydrogens is 307 g/mol. The molecule has 1 aromatic rings. The van der Waals surface area contributed by atoms with Crippen LogP contribution in [0.25, 0.3) is 5.57 Å². The van der Waals surface area contributed by atoms with Gasteiger partial charge in [-0.15, -0.1) is 0 Å². The lowest BCUT2D eigenvalue weighted by molar-refractivity contribution is -0.137. The van der Waals surface area contributed by atoms with Gasteiger partial charge in [0.1, 0.15) is 0 Å². The van der Waals surface area contributed by atoms with E-state index in [-0.39, 0.29) is 18.4 Å². The topological polar surface area (TPSA) is 40.5 Å². The highest BCUT2D eigenvalue weighted by Gasteiger charge is 2.30. The number of benzene rings is 1. The van der Waals surface area contributed by atoms with Crippen molar-refractivity contribution in [2.45, 2.75) is 25.9 Å². The molecule has 0 spiro atoms. The van der Waals surface area contributed by atoms with Crippen LogP contribution in [0.15, 0.2) is 30.3 Å². The summed E-state index contributed by atoms with van der Waals surface area (Å²) < 4.78 is 38.2. The first kappa shape index (κ1) is 17.5. The minimum atomic E-state index is -4.40. The van der Waals surface area contributed by atoms with E-state index in [0.717, 1.165) is 25.0 Å². The maximum absolute atomic E-state index is 12.7. The van der Waals surface area contributed by atoms with Crippen LogP contribution in [0.5, 0.6) is 0 Å². The summed E-state index contributed by atoms with van der Waals surface area (Å²) in [5, 5.41) is 9.09. The Kier molecular flexibility index (Phi) is 5.46. The van der Waals surface area contributed by atoms with E-state index in [0.29, 0.717) is 24.2 Å². The number of piperidine rings is 1. The molecule has 1 saturated heterocycles. The fourth-order valence-electron chi connectivity index (χ4n) is 2.64. The van der Waals surface area contributed by atoms with Crippen molar-refractivity contribution in [2.24, 2.45) is 5.92 Å². The largest absolute Gasteiger partial charge is 0.416 e. The molecule has 1 aliphatic heterocycles. The standard InChI is InChI=1S/C17H20F3NO2/c1-12(14-3-2-4-15(10-14)17(18,19)20)9-16(23)21-7-5-13(11-22)6-8-21/h2-4,9-10,13,22H,5-8,11H2,1H3/b12-9-. The fraction of sp³-hybridized carbons (Fsp3) is 0.471. The van der Waals surface area contributed by atoms with E-state index in [4.69, 9.17) is 5.11 Å². The van der Waals surface area contributed by atoms with Crippen LogP contribution in [0.3, 0.4) is 0 Å². The summed E-state index contributed by atoms with van der Waals surface area (Å²) in [4.78, 5) is 13.9. The zero-order valence-corrected chi connectivity index (χ0v) is 12.9. The van der Waals surface area contributed by atoms with E-state index >= 15 is 0 Å². The molecule has 1 N–H and O–H groups in total. The average Bonchev–Trinajstić information content (AvgIpc) is 2.54. The number of alkyl halides is 3. The smallest absolute Gasteiger partial charge is 0.396 e. The van der Waals surface area contributed by atoms with Gasteiger partial charge in [0.25, 0.3) is 0 Å². The molecule has 126 valence electrons. The SMILES string of the molecule is C/C(=C/C(=O)N1CCC(CO)CC1)c1cccc(C(F)(F)F)c1. The predicted octanol–water partition coefficient (Wildman–Crippen LogP) is 3.34. The molecule has 1 aromatic carbocycles. The lowest BCUT2D eigenvalue weighted by Crippen LogP contribution is -2.38. The molecular formula is C17H20F3NO2. The van der Waals surface area contributed by atoms with Crippen molar-refractivity contribution < 1.29 is 23.1 Å². The molecule has 0 radical (unpaired) electrons. The summed E-state index contributed by atoms with van der Waals surface area (Å²) in [5.41, 5.74) is 0.169. The molecule has 0 aliphatic carbocycles. The van der Waals surface area contributed by atoms with Gasteiger partial charge in [-0.3, -0.25) is 4.79 Å². The summed E-state index contributed by atoms with van der Waals surface area (Å²) in [6.07, 6.45) is -1.52. The summed E-state index contributed by atoms with van der Waals surface area (Å²) in [7, 11) is 0. The number of hydrogen-bond acceptors (Lipinski definition) is 2. The number of nitrogens with zero attached hydrogens (tertiary/aromatic N) is 1. The maximum atomic E-state index is 12.7. The van der Waals surface area contributed by atoms with Crippen LogP contribution in [0, 0.1) is 5.92 Å². The van der Waals surface area contributed by atoms with Crippen molar-refractivity contribution in [1.82, 2.24) is 4.90 Å². The van der Waals surface area contributed by atoms with Crippen LogP contribution in [0.4, 0.5) is 13.2 Å². The highest BCUT2D eigenvalue weighted by atomic mass is 19.4. The fourth-order valence-corrected chi connectivity index (χ4v) is 2.64. The lowest BCUT2D eigenvalue weighted by atomic mass is 9.97. The number of amides is 1. The Bertz CT molecular complexity index is 588. The van der Waals surface area contributed by atoms with Crippen molar-refractivity contribution in [3.8, 4) is 0 Å². The number of allylic oxidation sites excluding steroid dienone is 1. The van der Waals surface area contributed by atoms with Gasteiger partial charge < -0.3 is 10.0 Å². The first-order chi connectivity index (χ1) is 10.8. The van der Waals surface area contributed by atoms with Gasteiger partial charge in [0.05, 0.1) is 5.56 Å². The summed E-state index contributed by atoms with van der Waals surface area (Å²) in [6.45, 7) is 2.89. The third-order valence-corrected chi connectivity index (χ3v) is 4.17. The normalized spacial score (nSPS) is 17.4. The van der Waals surface area contributed by atoms with Gasteiger partial charge >= 0.3 is 6.18 Å². The number of hydrogen-bond donors (Lipinski definition) is 1. The molecule has 2 rings (SSSR count). The number of aliphatic hydroxyl groups excluding tert-OH is 1. The monoisotopic (exact) mass is 327 g/mol. The Balaban J connectivity index is 2.09. The van der Waals surface area contributed by atoms with Crippen LogP contribution >= 0.6 is 0 Å².